The molecule has 112 valence electrons. The van der Waals surface area contributed by atoms with Crippen molar-refractivity contribution in [1.29, 1.82) is 0 Å². The normalized spacial score (nSPS) is 11.5. The van der Waals surface area contributed by atoms with E-state index in [2.05, 4.69) is 5.32 Å². The van der Waals surface area contributed by atoms with Crippen LogP contribution in [0, 0.1) is 0 Å². The van der Waals surface area contributed by atoms with Crippen LogP contribution in [0.25, 0.3) is 0 Å². The molecule has 0 fully saturated rings. The molecule has 0 unspecified atom stereocenters. The van der Waals surface area contributed by atoms with Gasteiger partial charge in [-0.1, -0.05) is 46.9 Å². The fourth-order valence-corrected chi connectivity index (χ4v) is 2.35. The highest BCUT2D eigenvalue weighted by molar-refractivity contribution is 6.42. The molecule has 0 aromatic heterocycles. The number of benzene rings is 2. The number of nitrogens with one attached hydrogen (secondary N) is 1. The zero-order chi connectivity index (χ0) is 15.6. The molecule has 0 radical (unpaired) electrons. The van der Waals surface area contributed by atoms with Crippen LogP contribution >= 0.6 is 34.8 Å². The Morgan fingerprint density at radius 2 is 1.67 bits per heavy atom. The number of rotatable bonds is 3. The third-order valence-corrected chi connectivity index (χ3v) is 3.97. The third kappa shape index (κ3) is 3.96. The number of anilines is 1. The Bertz CT molecular complexity index is 656. The first-order valence-corrected chi connectivity index (χ1v) is 6.96. The molecule has 0 aliphatic rings. The summed E-state index contributed by atoms with van der Waals surface area (Å²) in [5, 5.41) is 3.29. The van der Waals surface area contributed by atoms with E-state index in [1.807, 2.05) is 0 Å². The van der Waals surface area contributed by atoms with Gasteiger partial charge in [-0.3, -0.25) is 0 Å². The van der Waals surface area contributed by atoms with E-state index in [1.54, 1.807) is 18.2 Å². The Kier molecular flexibility index (Phi) is 4.91. The molecule has 1 nitrogen and oxygen atoms in total. The SMILES string of the molecule is FC(F)(F)c1cc(NCc2cccc(Cl)c2Cl)ccc1Cl. The Morgan fingerprint density at radius 3 is 2.33 bits per heavy atom. The van der Waals surface area contributed by atoms with Crippen LogP contribution in [0.2, 0.25) is 15.1 Å². The molecule has 2 rings (SSSR count). The molecule has 0 spiro atoms. The number of halogens is 6. The van der Waals surface area contributed by atoms with Crippen LogP contribution in [0.15, 0.2) is 36.4 Å². The van der Waals surface area contributed by atoms with E-state index in [9.17, 15) is 13.2 Å². The van der Waals surface area contributed by atoms with Crippen LogP contribution in [-0.4, -0.2) is 0 Å². The molecule has 21 heavy (non-hydrogen) atoms. The minimum absolute atomic E-state index is 0.248. The lowest BCUT2D eigenvalue weighted by molar-refractivity contribution is -0.137. The lowest BCUT2D eigenvalue weighted by Crippen LogP contribution is -2.07. The van der Waals surface area contributed by atoms with Gasteiger partial charge in [-0.2, -0.15) is 13.2 Å². The summed E-state index contributed by atoms with van der Waals surface area (Å²) in [7, 11) is 0. The van der Waals surface area contributed by atoms with Crippen molar-refractivity contribution in [3.8, 4) is 0 Å². The van der Waals surface area contributed by atoms with Crippen molar-refractivity contribution in [2.24, 2.45) is 0 Å². The van der Waals surface area contributed by atoms with Gasteiger partial charge >= 0.3 is 6.18 Å². The Labute approximate surface area is 134 Å². The summed E-state index contributed by atoms with van der Waals surface area (Å²) in [5.74, 6) is 0. The zero-order valence-electron chi connectivity index (χ0n) is 10.4. The molecular weight excluding hydrogens is 346 g/mol. The quantitative estimate of drug-likeness (QED) is 0.684. The molecule has 2 aromatic rings. The van der Waals surface area contributed by atoms with Crippen LogP contribution < -0.4 is 5.32 Å². The Hall–Kier alpha value is -1.10. The van der Waals surface area contributed by atoms with Crippen molar-refractivity contribution in [2.75, 3.05) is 5.32 Å². The monoisotopic (exact) mass is 353 g/mol. The number of hydrogen-bond donors (Lipinski definition) is 1. The maximum atomic E-state index is 12.8. The largest absolute Gasteiger partial charge is 0.417 e. The van der Waals surface area contributed by atoms with E-state index in [1.165, 1.54) is 12.1 Å². The Morgan fingerprint density at radius 1 is 0.952 bits per heavy atom. The van der Waals surface area contributed by atoms with Gasteiger partial charge < -0.3 is 5.32 Å². The minimum atomic E-state index is -4.50. The highest BCUT2D eigenvalue weighted by Crippen LogP contribution is 2.36. The number of hydrogen-bond acceptors (Lipinski definition) is 1. The van der Waals surface area contributed by atoms with Crippen molar-refractivity contribution >= 4 is 40.5 Å². The molecule has 0 aliphatic heterocycles. The van der Waals surface area contributed by atoms with Crippen molar-refractivity contribution in [3.05, 3.63) is 62.6 Å². The standard InChI is InChI=1S/C14H9Cl3F3N/c15-11-5-4-9(6-10(11)14(18,19)20)21-7-8-2-1-3-12(16)13(8)17/h1-6,21H,7H2. The fraction of sp³-hybridized carbons (Fsp3) is 0.143. The minimum Gasteiger partial charge on any atom is -0.381 e. The van der Waals surface area contributed by atoms with Gasteiger partial charge in [-0.15, -0.1) is 0 Å². The second kappa shape index (κ2) is 6.34. The average molecular weight is 355 g/mol. The highest BCUT2D eigenvalue weighted by Gasteiger charge is 2.33. The van der Waals surface area contributed by atoms with Gasteiger partial charge in [-0.25, -0.2) is 0 Å². The summed E-state index contributed by atoms with van der Waals surface area (Å²) >= 11 is 17.4. The first-order valence-electron chi connectivity index (χ1n) is 5.82. The molecule has 0 amide bonds. The van der Waals surface area contributed by atoms with Gasteiger partial charge in [0.25, 0.3) is 0 Å². The van der Waals surface area contributed by atoms with E-state index in [0.717, 1.165) is 6.07 Å². The van der Waals surface area contributed by atoms with Crippen LogP contribution in [0.1, 0.15) is 11.1 Å². The van der Waals surface area contributed by atoms with Gasteiger partial charge in [0.15, 0.2) is 0 Å². The molecular formula is C14H9Cl3F3N. The molecule has 0 aliphatic carbocycles. The van der Waals surface area contributed by atoms with Gasteiger partial charge in [-0.05, 0) is 29.8 Å². The third-order valence-electron chi connectivity index (χ3n) is 2.79. The van der Waals surface area contributed by atoms with Crippen molar-refractivity contribution in [2.45, 2.75) is 12.7 Å². The second-order valence-corrected chi connectivity index (χ2v) is 5.45. The summed E-state index contributed by atoms with van der Waals surface area (Å²) in [5.41, 5.74) is 0.0989. The van der Waals surface area contributed by atoms with Gasteiger partial charge in [0, 0.05) is 12.2 Å². The maximum absolute atomic E-state index is 12.8. The van der Waals surface area contributed by atoms with Crippen molar-refractivity contribution < 1.29 is 13.2 Å². The lowest BCUT2D eigenvalue weighted by Gasteiger charge is -2.13. The van der Waals surface area contributed by atoms with E-state index in [0.29, 0.717) is 21.3 Å². The maximum Gasteiger partial charge on any atom is 0.417 e. The van der Waals surface area contributed by atoms with Crippen LogP contribution in [0.4, 0.5) is 18.9 Å². The Balaban J connectivity index is 2.19. The van der Waals surface area contributed by atoms with Gasteiger partial charge in [0.05, 0.1) is 20.6 Å². The molecule has 7 heteroatoms. The number of alkyl halides is 3. The van der Waals surface area contributed by atoms with E-state index in [-0.39, 0.29) is 11.6 Å². The van der Waals surface area contributed by atoms with E-state index >= 15 is 0 Å². The highest BCUT2D eigenvalue weighted by atomic mass is 35.5. The fourth-order valence-electron chi connectivity index (χ4n) is 1.73. The van der Waals surface area contributed by atoms with Crippen LogP contribution in [0.3, 0.4) is 0 Å². The predicted molar refractivity (Wildman–Crippen MR) is 80.2 cm³/mol. The van der Waals surface area contributed by atoms with Crippen molar-refractivity contribution in [3.63, 3.8) is 0 Å². The smallest absolute Gasteiger partial charge is 0.381 e. The van der Waals surface area contributed by atoms with Crippen molar-refractivity contribution in [1.82, 2.24) is 0 Å². The first kappa shape index (κ1) is 16.3. The topological polar surface area (TPSA) is 12.0 Å². The zero-order valence-corrected chi connectivity index (χ0v) is 12.7. The molecule has 0 bridgehead atoms. The molecule has 0 atom stereocenters. The predicted octanol–water partition coefficient (Wildman–Crippen LogP) is 6.28. The summed E-state index contributed by atoms with van der Waals surface area (Å²) < 4.78 is 38.3. The molecule has 0 saturated heterocycles. The average Bonchev–Trinajstić information content (AvgIpc) is 2.40. The summed E-state index contributed by atoms with van der Waals surface area (Å²) in [6, 6.07) is 8.72. The van der Waals surface area contributed by atoms with E-state index in [4.69, 9.17) is 34.8 Å². The summed E-state index contributed by atoms with van der Waals surface area (Å²) in [6.45, 7) is 0.248. The summed E-state index contributed by atoms with van der Waals surface area (Å²) in [6.07, 6.45) is -4.50. The van der Waals surface area contributed by atoms with Crippen LogP contribution in [0.5, 0.6) is 0 Å². The summed E-state index contributed by atoms with van der Waals surface area (Å²) in [4.78, 5) is 0. The van der Waals surface area contributed by atoms with E-state index < -0.39 is 11.7 Å². The van der Waals surface area contributed by atoms with Crippen LogP contribution in [-0.2, 0) is 12.7 Å². The lowest BCUT2D eigenvalue weighted by atomic mass is 10.1. The van der Waals surface area contributed by atoms with Gasteiger partial charge in [0.1, 0.15) is 0 Å². The first-order chi connectivity index (χ1) is 9.79. The second-order valence-electron chi connectivity index (χ2n) is 4.26. The van der Waals surface area contributed by atoms with Gasteiger partial charge in [0.2, 0.25) is 0 Å². The molecule has 0 heterocycles. The molecule has 2 aromatic carbocycles. The molecule has 1 N–H and O–H groups in total. The molecule has 0 saturated carbocycles.